The third-order valence-corrected chi connectivity index (χ3v) is 6.46. The molecular formula is C21H25N3O2S. The van der Waals surface area contributed by atoms with Crippen molar-refractivity contribution in [3.63, 3.8) is 0 Å². The van der Waals surface area contributed by atoms with E-state index >= 15 is 0 Å². The minimum absolute atomic E-state index is 0.0280. The lowest BCUT2D eigenvalue weighted by Crippen LogP contribution is -2.42. The van der Waals surface area contributed by atoms with E-state index in [1.54, 1.807) is 20.5 Å². The number of nitrogens with zero attached hydrogens (tertiary/aromatic N) is 3. The molecule has 6 heteroatoms. The van der Waals surface area contributed by atoms with Crippen LogP contribution in [0.5, 0.6) is 0 Å². The third kappa shape index (κ3) is 3.02. The molecule has 0 saturated heterocycles. The average molecular weight is 384 g/mol. The van der Waals surface area contributed by atoms with E-state index in [1.807, 2.05) is 29.2 Å². The molecule has 1 atom stereocenters. The van der Waals surface area contributed by atoms with Crippen LogP contribution in [0.4, 0.5) is 0 Å². The maximum Gasteiger partial charge on any atom is 0.329 e. The lowest BCUT2D eigenvalue weighted by atomic mass is 9.98. The SMILES string of the molecule is CCCn1c(=O)n(CC(=O)N2CCc3sccc3C2CC)c2ccccc21. The highest BCUT2D eigenvalue weighted by Gasteiger charge is 2.31. The normalized spacial score (nSPS) is 16.7. The zero-order valence-electron chi connectivity index (χ0n) is 15.9. The van der Waals surface area contributed by atoms with Crippen molar-refractivity contribution in [2.45, 2.75) is 52.2 Å². The number of benzene rings is 1. The number of rotatable bonds is 5. The first-order valence-corrected chi connectivity index (χ1v) is 10.6. The molecule has 1 aliphatic heterocycles. The third-order valence-electron chi connectivity index (χ3n) is 5.47. The number of carbonyl (C=O) groups excluding carboxylic acids is 1. The second-order valence-electron chi connectivity index (χ2n) is 7.07. The van der Waals surface area contributed by atoms with Crippen LogP contribution in [-0.4, -0.2) is 26.5 Å². The van der Waals surface area contributed by atoms with Crippen LogP contribution in [0.15, 0.2) is 40.5 Å². The van der Waals surface area contributed by atoms with E-state index in [-0.39, 0.29) is 24.2 Å². The molecule has 1 unspecified atom stereocenters. The molecule has 1 aromatic carbocycles. The predicted octanol–water partition coefficient (Wildman–Crippen LogP) is 3.81. The number of aryl methyl sites for hydroxylation is 1. The van der Waals surface area contributed by atoms with Gasteiger partial charge < -0.3 is 4.90 Å². The molecule has 1 aliphatic rings. The molecule has 5 nitrogen and oxygen atoms in total. The molecule has 0 N–H and O–H groups in total. The van der Waals surface area contributed by atoms with Gasteiger partial charge in [-0.3, -0.25) is 13.9 Å². The Labute approximate surface area is 162 Å². The Morgan fingerprint density at radius 1 is 1.15 bits per heavy atom. The van der Waals surface area contributed by atoms with Crippen molar-refractivity contribution in [1.82, 2.24) is 14.0 Å². The molecule has 3 heterocycles. The van der Waals surface area contributed by atoms with E-state index in [0.29, 0.717) is 6.54 Å². The Hall–Kier alpha value is -2.34. The van der Waals surface area contributed by atoms with Crippen LogP contribution in [0.1, 0.15) is 43.2 Å². The lowest BCUT2D eigenvalue weighted by molar-refractivity contribution is -0.134. The summed E-state index contributed by atoms with van der Waals surface area (Å²) in [5.41, 5.74) is 2.93. The Kier molecular flexibility index (Phi) is 4.91. The van der Waals surface area contributed by atoms with Gasteiger partial charge in [-0.25, -0.2) is 4.79 Å². The van der Waals surface area contributed by atoms with Crippen LogP contribution in [0.3, 0.4) is 0 Å². The standard InChI is InChI=1S/C21H25N3O2S/c1-3-11-23-17-7-5-6-8-18(17)24(21(23)26)14-20(25)22-12-9-19-15(10-13-27-19)16(22)4-2/h5-8,10,13,16H,3-4,9,11-12,14H2,1-2H3. The average Bonchev–Trinajstić information content (AvgIpc) is 3.26. The minimum atomic E-state index is -0.0901. The first kappa shape index (κ1) is 18.0. The smallest absolute Gasteiger partial charge is 0.329 e. The summed E-state index contributed by atoms with van der Waals surface area (Å²) in [7, 11) is 0. The van der Waals surface area contributed by atoms with Gasteiger partial charge in [0, 0.05) is 18.0 Å². The second kappa shape index (κ2) is 7.35. The zero-order valence-corrected chi connectivity index (χ0v) is 16.7. The van der Waals surface area contributed by atoms with Crippen molar-refractivity contribution in [2.75, 3.05) is 6.54 Å². The van der Waals surface area contributed by atoms with E-state index < -0.39 is 0 Å². The van der Waals surface area contributed by atoms with Crippen molar-refractivity contribution < 1.29 is 4.79 Å². The van der Waals surface area contributed by atoms with Gasteiger partial charge in [-0.05, 0) is 48.4 Å². The first-order valence-electron chi connectivity index (χ1n) is 9.69. The molecule has 2 aromatic heterocycles. The first-order chi connectivity index (χ1) is 13.2. The molecule has 4 rings (SSSR count). The fourth-order valence-electron chi connectivity index (χ4n) is 4.23. The van der Waals surface area contributed by atoms with Crippen LogP contribution in [0.25, 0.3) is 11.0 Å². The predicted molar refractivity (Wildman–Crippen MR) is 109 cm³/mol. The molecule has 0 bridgehead atoms. The Morgan fingerprint density at radius 3 is 2.59 bits per heavy atom. The number of fused-ring (bicyclic) bond motifs is 2. The number of thiophene rings is 1. The van der Waals surface area contributed by atoms with Crippen LogP contribution in [-0.2, 0) is 24.3 Å². The lowest BCUT2D eigenvalue weighted by Gasteiger charge is -2.35. The molecule has 0 aliphatic carbocycles. The van der Waals surface area contributed by atoms with Gasteiger partial charge in [0.1, 0.15) is 6.54 Å². The quantitative estimate of drug-likeness (QED) is 0.673. The largest absolute Gasteiger partial charge is 0.334 e. The van der Waals surface area contributed by atoms with E-state index in [1.165, 1.54) is 10.4 Å². The zero-order chi connectivity index (χ0) is 19.0. The summed E-state index contributed by atoms with van der Waals surface area (Å²) in [6.45, 7) is 5.68. The number of hydrogen-bond donors (Lipinski definition) is 0. The van der Waals surface area contributed by atoms with Crippen LogP contribution >= 0.6 is 11.3 Å². The highest BCUT2D eigenvalue weighted by molar-refractivity contribution is 7.10. The summed E-state index contributed by atoms with van der Waals surface area (Å²) in [4.78, 5) is 29.5. The van der Waals surface area contributed by atoms with Gasteiger partial charge in [0.2, 0.25) is 5.91 Å². The molecule has 3 aromatic rings. The number of amides is 1. The van der Waals surface area contributed by atoms with Gasteiger partial charge in [0.15, 0.2) is 0 Å². The summed E-state index contributed by atoms with van der Waals surface area (Å²) in [5, 5.41) is 2.12. The Bertz CT molecular complexity index is 1030. The molecule has 142 valence electrons. The van der Waals surface area contributed by atoms with Crippen molar-refractivity contribution in [3.05, 3.63) is 56.6 Å². The fourth-order valence-corrected chi connectivity index (χ4v) is 5.15. The van der Waals surface area contributed by atoms with E-state index in [4.69, 9.17) is 0 Å². The molecular weight excluding hydrogens is 358 g/mol. The van der Waals surface area contributed by atoms with Crippen molar-refractivity contribution in [3.8, 4) is 0 Å². The highest BCUT2D eigenvalue weighted by atomic mass is 32.1. The number of imidazole rings is 1. The number of para-hydroxylation sites is 2. The summed E-state index contributed by atoms with van der Waals surface area (Å²) in [5.74, 6) is 0.0280. The fraction of sp³-hybridized carbons (Fsp3) is 0.429. The monoisotopic (exact) mass is 383 g/mol. The van der Waals surface area contributed by atoms with Crippen molar-refractivity contribution >= 4 is 28.3 Å². The topological polar surface area (TPSA) is 47.2 Å². The summed E-state index contributed by atoms with van der Waals surface area (Å²) < 4.78 is 3.43. The van der Waals surface area contributed by atoms with E-state index in [9.17, 15) is 9.59 Å². The molecule has 0 fully saturated rings. The van der Waals surface area contributed by atoms with E-state index in [2.05, 4.69) is 25.3 Å². The number of hydrogen-bond acceptors (Lipinski definition) is 3. The van der Waals surface area contributed by atoms with Gasteiger partial charge in [-0.15, -0.1) is 11.3 Å². The number of carbonyl (C=O) groups is 1. The highest BCUT2D eigenvalue weighted by Crippen LogP contribution is 2.35. The van der Waals surface area contributed by atoms with Crippen LogP contribution < -0.4 is 5.69 Å². The molecule has 0 saturated carbocycles. The van der Waals surface area contributed by atoms with Crippen LogP contribution in [0, 0.1) is 0 Å². The number of aromatic nitrogens is 2. The van der Waals surface area contributed by atoms with Gasteiger partial charge in [-0.1, -0.05) is 26.0 Å². The van der Waals surface area contributed by atoms with Crippen molar-refractivity contribution in [1.29, 1.82) is 0 Å². The summed E-state index contributed by atoms with van der Waals surface area (Å²) in [6, 6.07) is 10.0. The Balaban J connectivity index is 1.68. The van der Waals surface area contributed by atoms with Gasteiger partial charge in [-0.2, -0.15) is 0 Å². The minimum Gasteiger partial charge on any atom is -0.334 e. The molecule has 0 radical (unpaired) electrons. The molecule has 0 spiro atoms. The molecule has 1 amide bonds. The van der Waals surface area contributed by atoms with Gasteiger partial charge in [0.25, 0.3) is 0 Å². The maximum atomic E-state index is 13.2. The maximum absolute atomic E-state index is 13.2. The van der Waals surface area contributed by atoms with Gasteiger partial charge in [0.05, 0.1) is 17.1 Å². The van der Waals surface area contributed by atoms with Crippen molar-refractivity contribution in [2.24, 2.45) is 0 Å². The van der Waals surface area contributed by atoms with Crippen LogP contribution in [0.2, 0.25) is 0 Å². The summed E-state index contributed by atoms with van der Waals surface area (Å²) in [6.07, 6.45) is 2.68. The van der Waals surface area contributed by atoms with E-state index in [0.717, 1.165) is 36.8 Å². The summed E-state index contributed by atoms with van der Waals surface area (Å²) >= 11 is 1.78. The second-order valence-corrected chi connectivity index (χ2v) is 8.07. The van der Waals surface area contributed by atoms with Gasteiger partial charge >= 0.3 is 5.69 Å². The Morgan fingerprint density at radius 2 is 1.89 bits per heavy atom. The molecule has 27 heavy (non-hydrogen) atoms.